The van der Waals surface area contributed by atoms with Gasteiger partial charge in [0.2, 0.25) is 0 Å². The molecule has 0 heteroatoms. The fourth-order valence-corrected chi connectivity index (χ4v) is 3.86. The SMILES string of the molecule is Cc1cc(C)cc(C2C=Cc3cc4c(cc32)CCC4)c1. The minimum absolute atomic E-state index is 0.453. The Morgan fingerprint density at radius 2 is 1.55 bits per heavy atom. The minimum Gasteiger partial charge on any atom is -0.0720 e. The maximum atomic E-state index is 2.47. The highest BCUT2D eigenvalue weighted by Gasteiger charge is 2.23. The second-order valence-corrected chi connectivity index (χ2v) is 6.36. The number of rotatable bonds is 1. The highest BCUT2D eigenvalue weighted by Crippen LogP contribution is 2.39. The Labute approximate surface area is 121 Å². The van der Waals surface area contributed by atoms with Crippen molar-refractivity contribution >= 4 is 6.08 Å². The summed E-state index contributed by atoms with van der Waals surface area (Å²) in [5, 5.41) is 0. The molecular formula is C20H20. The summed E-state index contributed by atoms with van der Waals surface area (Å²) >= 11 is 0. The van der Waals surface area contributed by atoms with E-state index in [1.807, 2.05) is 0 Å². The molecule has 0 bridgehead atoms. The largest absolute Gasteiger partial charge is 0.0720 e. The van der Waals surface area contributed by atoms with Crippen LogP contribution in [0.1, 0.15) is 51.3 Å². The van der Waals surface area contributed by atoms with Gasteiger partial charge in [-0.2, -0.15) is 0 Å². The molecule has 100 valence electrons. The third kappa shape index (κ3) is 1.83. The van der Waals surface area contributed by atoms with Crippen molar-refractivity contribution in [1.29, 1.82) is 0 Å². The third-order valence-electron chi connectivity index (χ3n) is 4.70. The van der Waals surface area contributed by atoms with Gasteiger partial charge >= 0.3 is 0 Å². The standard InChI is InChI=1S/C20H20/c1-13-8-14(2)10-18(9-13)19-7-6-17-11-15-4-3-5-16(15)12-20(17)19/h6-12,19H,3-5H2,1-2H3. The van der Waals surface area contributed by atoms with Gasteiger partial charge in [0.1, 0.15) is 0 Å². The van der Waals surface area contributed by atoms with Crippen molar-refractivity contribution in [2.75, 3.05) is 0 Å². The van der Waals surface area contributed by atoms with Crippen LogP contribution in [0.15, 0.2) is 36.4 Å². The van der Waals surface area contributed by atoms with Crippen molar-refractivity contribution in [2.45, 2.75) is 39.0 Å². The summed E-state index contributed by atoms with van der Waals surface area (Å²) in [6.45, 7) is 4.39. The molecule has 0 saturated carbocycles. The molecule has 20 heavy (non-hydrogen) atoms. The van der Waals surface area contributed by atoms with E-state index >= 15 is 0 Å². The van der Waals surface area contributed by atoms with Crippen molar-refractivity contribution in [1.82, 2.24) is 0 Å². The van der Waals surface area contributed by atoms with E-state index in [0.717, 1.165) is 0 Å². The van der Waals surface area contributed by atoms with Gasteiger partial charge in [0.25, 0.3) is 0 Å². The van der Waals surface area contributed by atoms with Crippen LogP contribution in [-0.4, -0.2) is 0 Å². The number of aryl methyl sites for hydroxylation is 4. The Morgan fingerprint density at radius 3 is 2.30 bits per heavy atom. The molecule has 0 saturated heterocycles. The fraction of sp³-hybridized carbons (Fsp3) is 0.300. The van der Waals surface area contributed by atoms with E-state index in [9.17, 15) is 0 Å². The molecule has 1 atom stereocenters. The molecule has 2 aliphatic rings. The highest BCUT2D eigenvalue weighted by atomic mass is 14.3. The van der Waals surface area contributed by atoms with Gasteiger partial charge in [0, 0.05) is 5.92 Å². The lowest BCUT2D eigenvalue weighted by molar-refractivity contribution is 0.911. The van der Waals surface area contributed by atoms with Gasteiger partial charge in [-0.1, -0.05) is 53.6 Å². The Hall–Kier alpha value is -1.82. The molecule has 2 aliphatic carbocycles. The van der Waals surface area contributed by atoms with Crippen LogP contribution in [0.4, 0.5) is 0 Å². The van der Waals surface area contributed by atoms with E-state index in [-0.39, 0.29) is 0 Å². The van der Waals surface area contributed by atoms with E-state index in [0.29, 0.717) is 5.92 Å². The molecular weight excluding hydrogens is 240 g/mol. The number of hydrogen-bond acceptors (Lipinski definition) is 0. The van der Waals surface area contributed by atoms with Gasteiger partial charge in [-0.3, -0.25) is 0 Å². The summed E-state index contributed by atoms with van der Waals surface area (Å²) in [5.41, 5.74) is 10.3. The first-order valence-corrected chi connectivity index (χ1v) is 7.63. The van der Waals surface area contributed by atoms with Crippen LogP contribution in [0.25, 0.3) is 6.08 Å². The summed E-state index contributed by atoms with van der Waals surface area (Å²) in [6.07, 6.45) is 8.55. The predicted octanol–water partition coefficient (Wildman–Crippen LogP) is 4.95. The van der Waals surface area contributed by atoms with Gasteiger partial charge in [-0.15, -0.1) is 0 Å². The first kappa shape index (κ1) is 12.0. The first-order chi connectivity index (χ1) is 9.70. The normalized spacial score (nSPS) is 19.2. The minimum atomic E-state index is 0.453. The molecule has 0 heterocycles. The second kappa shape index (κ2) is 4.34. The topological polar surface area (TPSA) is 0 Å². The summed E-state index contributed by atoms with van der Waals surface area (Å²) in [6, 6.07) is 11.8. The zero-order valence-electron chi connectivity index (χ0n) is 12.2. The fourth-order valence-electron chi connectivity index (χ4n) is 3.86. The number of hydrogen-bond donors (Lipinski definition) is 0. The van der Waals surface area contributed by atoms with E-state index in [4.69, 9.17) is 0 Å². The van der Waals surface area contributed by atoms with Crippen LogP contribution < -0.4 is 0 Å². The van der Waals surface area contributed by atoms with E-state index < -0.39 is 0 Å². The average Bonchev–Trinajstić information content (AvgIpc) is 2.99. The van der Waals surface area contributed by atoms with Gasteiger partial charge in [0.05, 0.1) is 0 Å². The lowest BCUT2D eigenvalue weighted by Crippen LogP contribution is -1.99. The molecule has 2 aromatic carbocycles. The summed E-state index contributed by atoms with van der Waals surface area (Å²) in [7, 11) is 0. The molecule has 0 radical (unpaired) electrons. The molecule has 1 unspecified atom stereocenters. The average molecular weight is 260 g/mol. The lowest BCUT2D eigenvalue weighted by atomic mass is 9.89. The molecule has 4 rings (SSSR count). The van der Waals surface area contributed by atoms with Crippen LogP contribution in [-0.2, 0) is 12.8 Å². The molecule has 0 nitrogen and oxygen atoms in total. The van der Waals surface area contributed by atoms with Crippen LogP contribution in [0.3, 0.4) is 0 Å². The summed E-state index contributed by atoms with van der Waals surface area (Å²) in [4.78, 5) is 0. The molecule has 0 aromatic heterocycles. The van der Waals surface area contributed by atoms with Crippen LogP contribution >= 0.6 is 0 Å². The molecule has 0 aliphatic heterocycles. The van der Waals surface area contributed by atoms with E-state index in [1.54, 1.807) is 11.1 Å². The maximum Gasteiger partial charge on any atom is 0.0279 e. The van der Waals surface area contributed by atoms with Gasteiger partial charge in [-0.25, -0.2) is 0 Å². The van der Waals surface area contributed by atoms with Gasteiger partial charge in [0.15, 0.2) is 0 Å². The molecule has 0 fully saturated rings. The molecule has 0 N–H and O–H groups in total. The highest BCUT2D eigenvalue weighted by molar-refractivity contribution is 5.67. The Bertz CT molecular complexity index is 699. The Morgan fingerprint density at radius 1 is 0.850 bits per heavy atom. The second-order valence-electron chi connectivity index (χ2n) is 6.36. The molecule has 2 aromatic rings. The first-order valence-electron chi connectivity index (χ1n) is 7.63. The van der Waals surface area contributed by atoms with E-state index in [1.165, 1.54) is 47.1 Å². The van der Waals surface area contributed by atoms with Crippen molar-refractivity contribution in [2.24, 2.45) is 0 Å². The zero-order chi connectivity index (χ0) is 13.7. The van der Waals surface area contributed by atoms with Crippen molar-refractivity contribution in [3.63, 3.8) is 0 Å². The van der Waals surface area contributed by atoms with Gasteiger partial charge in [-0.05, 0) is 60.9 Å². The van der Waals surface area contributed by atoms with Crippen molar-refractivity contribution in [3.8, 4) is 0 Å². The Kier molecular flexibility index (Phi) is 2.60. The third-order valence-corrected chi connectivity index (χ3v) is 4.70. The quantitative estimate of drug-likeness (QED) is 0.680. The summed E-state index contributed by atoms with van der Waals surface area (Å²) in [5.74, 6) is 0.453. The Balaban J connectivity index is 1.82. The van der Waals surface area contributed by atoms with Crippen molar-refractivity contribution in [3.05, 3.63) is 75.4 Å². The van der Waals surface area contributed by atoms with Crippen molar-refractivity contribution < 1.29 is 0 Å². The lowest BCUT2D eigenvalue weighted by Gasteiger charge is -2.15. The van der Waals surface area contributed by atoms with E-state index in [2.05, 4.69) is 56.3 Å². The number of allylic oxidation sites excluding steroid dienone is 1. The summed E-state index contributed by atoms with van der Waals surface area (Å²) < 4.78 is 0. The molecule has 0 amide bonds. The number of benzene rings is 2. The van der Waals surface area contributed by atoms with Crippen LogP contribution in [0.2, 0.25) is 0 Å². The van der Waals surface area contributed by atoms with Crippen LogP contribution in [0, 0.1) is 13.8 Å². The monoisotopic (exact) mass is 260 g/mol. The zero-order valence-corrected chi connectivity index (χ0v) is 12.2. The maximum absolute atomic E-state index is 2.47. The predicted molar refractivity (Wildman–Crippen MR) is 85.3 cm³/mol. The molecule has 0 spiro atoms. The van der Waals surface area contributed by atoms with Crippen LogP contribution in [0.5, 0.6) is 0 Å². The number of fused-ring (bicyclic) bond motifs is 2. The smallest absolute Gasteiger partial charge is 0.0279 e. The van der Waals surface area contributed by atoms with Gasteiger partial charge < -0.3 is 0 Å².